The highest BCUT2D eigenvalue weighted by molar-refractivity contribution is 7.80. The lowest BCUT2D eigenvalue weighted by Gasteiger charge is -2.23. The Morgan fingerprint density at radius 2 is 2.05 bits per heavy atom. The van der Waals surface area contributed by atoms with Gasteiger partial charge in [-0.05, 0) is 31.3 Å². The van der Waals surface area contributed by atoms with E-state index in [2.05, 4.69) is 10.5 Å². The third-order valence-electron chi connectivity index (χ3n) is 2.71. The number of amides is 1. The van der Waals surface area contributed by atoms with Gasteiger partial charge in [-0.25, -0.2) is 5.01 Å². The smallest absolute Gasteiger partial charge is 0.273 e. The van der Waals surface area contributed by atoms with Crippen molar-refractivity contribution in [2.24, 2.45) is 12.8 Å². The molecule has 0 aliphatic carbocycles. The average molecular weight is 289 g/mol. The van der Waals surface area contributed by atoms with Crippen LogP contribution in [0.25, 0.3) is 0 Å². The Balaban J connectivity index is 2.23. The summed E-state index contributed by atoms with van der Waals surface area (Å²) in [7, 11) is 1.76. The average Bonchev–Trinajstić information content (AvgIpc) is 2.75. The van der Waals surface area contributed by atoms with Gasteiger partial charge in [0.1, 0.15) is 0 Å². The quantitative estimate of drug-likeness (QED) is 0.640. The van der Waals surface area contributed by atoms with E-state index in [0.717, 1.165) is 0 Å². The first-order valence-corrected chi connectivity index (χ1v) is 6.35. The fourth-order valence-corrected chi connectivity index (χ4v) is 1.96. The number of thiocarbonyl (C=S) groups is 1. The molecule has 0 atom stereocenters. The van der Waals surface area contributed by atoms with Crippen molar-refractivity contribution < 1.29 is 4.79 Å². The highest BCUT2D eigenvalue weighted by Gasteiger charge is 2.17. The number of nitrogens with zero attached hydrogens (tertiary/aromatic N) is 3. The molecule has 20 heavy (non-hydrogen) atoms. The number of carbonyl (C=O) groups is 1. The minimum atomic E-state index is -0.313. The summed E-state index contributed by atoms with van der Waals surface area (Å²) in [5.74, 6) is -0.313. The number of nitrogens with two attached hydrogens (primary N) is 1. The molecule has 1 heterocycles. The van der Waals surface area contributed by atoms with Gasteiger partial charge in [-0.3, -0.25) is 14.9 Å². The number of hydrazine groups is 1. The number of hydrogen-bond acceptors (Lipinski definition) is 3. The first kappa shape index (κ1) is 14.0. The van der Waals surface area contributed by atoms with Crippen LogP contribution in [0.5, 0.6) is 0 Å². The van der Waals surface area contributed by atoms with Gasteiger partial charge in [0.2, 0.25) is 0 Å². The van der Waals surface area contributed by atoms with Crippen LogP contribution in [0.2, 0.25) is 0 Å². The number of hydrogen-bond donors (Lipinski definition) is 2. The zero-order valence-corrected chi connectivity index (χ0v) is 12.0. The van der Waals surface area contributed by atoms with E-state index in [1.165, 1.54) is 5.01 Å². The van der Waals surface area contributed by atoms with Crippen molar-refractivity contribution in [2.75, 3.05) is 5.01 Å². The van der Waals surface area contributed by atoms with Crippen molar-refractivity contribution in [1.82, 2.24) is 15.2 Å². The highest BCUT2D eigenvalue weighted by atomic mass is 32.1. The van der Waals surface area contributed by atoms with Crippen LogP contribution in [-0.4, -0.2) is 20.8 Å². The summed E-state index contributed by atoms with van der Waals surface area (Å²) in [4.78, 5) is 12.2. The number of aryl methyl sites for hydroxylation is 2. The van der Waals surface area contributed by atoms with Crippen molar-refractivity contribution in [2.45, 2.75) is 6.92 Å². The van der Waals surface area contributed by atoms with E-state index in [1.807, 2.05) is 18.2 Å². The molecule has 0 fully saturated rings. The first-order chi connectivity index (χ1) is 9.49. The van der Waals surface area contributed by atoms with Crippen LogP contribution in [0.4, 0.5) is 5.69 Å². The summed E-state index contributed by atoms with van der Waals surface area (Å²) in [6, 6.07) is 9.14. The molecule has 0 aliphatic rings. The van der Waals surface area contributed by atoms with Gasteiger partial charge >= 0.3 is 0 Å². The Morgan fingerprint density at radius 1 is 1.40 bits per heavy atom. The zero-order valence-electron chi connectivity index (χ0n) is 11.2. The van der Waals surface area contributed by atoms with Gasteiger partial charge in [-0.1, -0.05) is 18.2 Å². The van der Waals surface area contributed by atoms with Crippen LogP contribution in [0.3, 0.4) is 0 Å². The molecule has 7 heteroatoms. The van der Waals surface area contributed by atoms with Gasteiger partial charge < -0.3 is 5.73 Å². The Morgan fingerprint density at radius 3 is 2.55 bits per heavy atom. The topological polar surface area (TPSA) is 76.2 Å². The molecule has 6 nitrogen and oxygen atoms in total. The van der Waals surface area contributed by atoms with Crippen molar-refractivity contribution in [3.8, 4) is 0 Å². The van der Waals surface area contributed by atoms with E-state index >= 15 is 0 Å². The number of para-hydroxylation sites is 1. The van der Waals surface area contributed by atoms with Crippen LogP contribution in [0.1, 0.15) is 16.1 Å². The summed E-state index contributed by atoms with van der Waals surface area (Å²) < 4.78 is 1.58. The minimum Gasteiger partial charge on any atom is -0.374 e. The largest absolute Gasteiger partial charge is 0.374 e. The second-order valence-corrected chi connectivity index (χ2v) is 4.67. The molecule has 0 aliphatic heterocycles. The molecular weight excluding hydrogens is 274 g/mol. The number of carbonyl (C=O) groups excluding carboxylic acids is 1. The van der Waals surface area contributed by atoms with E-state index in [9.17, 15) is 4.79 Å². The monoisotopic (exact) mass is 289 g/mol. The van der Waals surface area contributed by atoms with Gasteiger partial charge in [0.05, 0.1) is 16.9 Å². The molecule has 1 aromatic carbocycles. The molecule has 2 aromatic rings. The van der Waals surface area contributed by atoms with Crippen molar-refractivity contribution in [1.29, 1.82) is 0 Å². The van der Waals surface area contributed by atoms with Crippen LogP contribution in [-0.2, 0) is 7.05 Å². The number of rotatable bonds is 2. The molecule has 0 saturated heterocycles. The van der Waals surface area contributed by atoms with Crippen molar-refractivity contribution in [3.63, 3.8) is 0 Å². The van der Waals surface area contributed by atoms with Gasteiger partial charge in [0.25, 0.3) is 5.91 Å². The maximum Gasteiger partial charge on any atom is 0.273 e. The molecule has 1 amide bonds. The molecule has 3 N–H and O–H groups in total. The first-order valence-electron chi connectivity index (χ1n) is 5.95. The molecular formula is C13H15N5OS. The van der Waals surface area contributed by atoms with Crippen LogP contribution >= 0.6 is 12.2 Å². The second kappa shape index (κ2) is 5.70. The van der Waals surface area contributed by atoms with Gasteiger partial charge in [0.15, 0.2) is 5.11 Å². The highest BCUT2D eigenvalue weighted by Crippen LogP contribution is 2.12. The molecule has 0 unspecified atom stereocenters. The van der Waals surface area contributed by atoms with Crippen LogP contribution < -0.4 is 16.2 Å². The summed E-state index contributed by atoms with van der Waals surface area (Å²) in [6.45, 7) is 1.77. The molecule has 0 bridgehead atoms. The van der Waals surface area contributed by atoms with Gasteiger partial charge in [-0.15, -0.1) is 0 Å². The maximum absolute atomic E-state index is 12.2. The molecule has 0 spiro atoms. The number of benzene rings is 1. The Kier molecular flexibility index (Phi) is 3.99. The van der Waals surface area contributed by atoms with E-state index < -0.39 is 0 Å². The van der Waals surface area contributed by atoms with Crippen LogP contribution in [0.15, 0.2) is 36.5 Å². The van der Waals surface area contributed by atoms with Crippen molar-refractivity contribution >= 4 is 28.9 Å². The molecule has 0 saturated carbocycles. The molecule has 2 rings (SSSR count). The summed E-state index contributed by atoms with van der Waals surface area (Å²) in [6.07, 6.45) is 1.65. The Labute approximate surface area is 122 Å². The normalized spacial score (nSPS) is 10.1. The van der Waals surface area contributed by atoms with E-state index in [4.69, 9.17) is 18.0 Å². The maximum atomic E-state index is 12.2. The van der Waals surface area contributed by atoms with Gasteiger partial charge in [-0.2, -0.15) is 5.10 Å². The number of anilines is 1. The molecule has 104 valence electrons. The van der Waals surface area contributed by atoms with E-state index in [0.29, 0.717) is 16.9 Å². The molecule has 1 aromatic heterocycles. The Hall–Kier alpha value is -2.41. The predicted octanol–water partition coefficient (Wildman–Crippen LogP) is 1.12. The lowest BCUT2D eigenvalue weighted by atomic mass is 10.2. The number of nitrogens with one attached hydrogen (secondary N) is 1. The minimum absolute atomic E-state index is 0.0612. The fraction of sp³-hybridized carbons (Fsp3) is 0.154. The van der Waals surface area contributed by atoms with E-state index in [-0.39, 0.29) is 11.0 Å². The van der Waals surface area contributed by atoms with Gasteiger partial charge in [0, 0.05) is 13.2 Å². The number of aromatic nitrogens is 2. The fourth-order valence-electron chi connectivity index (χ4n) is 1.81. The summed E-state index contributed by atoms with van der Waals surface area (Å²) in [5, 5.41) is 5.56. The van der Waals surface area contributed by atoms with Crippen molar-refractivity contribution in [3.05, 3.63) is 47.8 Å². The standard InChI is InChI=1S/C13H15N5OS/c1-9-11(8-17(2)15-9)12(19)16-18(13(14)20)10-6-4-3-5-7-10/h3-8H,1-2H3,(H2,14,20)(H,16,19). The van der Waals surface area contributed by atoms with Crippen LogP contribution in [0, 0.1) is 6.92 Å². The second-order valence-electron chi connectivity index (χ2n) is 4.25. The molecule has 0 radical (unpaired) electrons. The summed E-state index contributed by atoms with van der Waals surface area (Å²) in [5.41, 5.74) is 10.1. The lowest BCUT2D eigenvalue weighted by molar-refractivity contribution is 0.0954. The lowest BCUT2D eigenvalue weighted by Crippen LogP contribution is -2.49. The third-order valence-corrected chi connectivity index (χ3v) is 2.89. The third kappa shape index (κ3) is 2.94. The summed E-state index contributed by atoms with van der Waals surface area (Å²) >= 11 is 4.97. The SMILES string of the molecule is Cc1nn(C)cc1C(=O)NN(C(N)=S)c1ccccc1. The predicted molar refractivity (Wildman–Crippen MR) is 81.1 cm³/mol. The zero-order chi connectivity index (χ0) is 14.7. The Bertz CT molecular complexity index is 637. The van der Waals surface area contributed by atoms with E-state index in [1.54, 1.807) is 37.0 Å².